The first-order valence-corrected chi connectivity index (χ1v) is 13.6. The van der Waals surface area contributed by atoms with Crippen molar-refractivity contribution in [2.45, 2.75) is 30.8 Å². The largest absolute Gasteiger partial charge is 0.478 e. The van der Waals surface area contributed by atoms with Gasteiger partial charge >= 0.3 is 12.1 Å². The van der Waals surface area contributed by atoms with Gasteiger partial charge in [0.1, 0.15) is 11.5 Å². The zero-order chi connectivity index (χ0) is 27.3. The fourth-order valence-electron chi connectivity index (χ4n) is 4.52. The normalized spacial score (nSPS) is 17.2. The minimum Gasteiger partial charge on any atom is -0.478 e. The number of ketones is 1. The summed E-state index contributed by atoms with van der Waals surface area (Å²) in [5.74, 6) is -0.778. The molecule has 0 radical (unpaired) electrons. The fraction of sp³-hybridized carbons (Fsp3) is 0.300. The number of benzene rings is 3. The third-order valence-corrected chi connectivity index (χ3v) is 7.39. The molecule has 38 heavy (non-hydrogen) atoms. The van der Waals surface area contributed by atoms with Crippen molar-refractivity contribution in [3.05, 3.63) is 90.0 Å². The summed E-state index contributed by atoms with van der Waals surface area (Å²) in [7, 11) is 0. The first-order valence-electron chi connectivity index (χ1n) is 12.4. The molecule has 0 aromatic heterocycles. The van der Waals surface area contributed by atoms with Gasteiger partial charge in [-0.15, -0.1) is 11.8 Å². The zero-order valence-corrected chi connectivity index (χ0v) is 22.4. The van der Waals surface area contributed by atoms with Gasteiger partial charge in [-0.3, -0.25) is 4.79 Å². The number of Topliss-reactive ketones (excluding diaryl/α,β-unsaturated/α-hetero) is 1. The van der Waals surface area contributed by atoms with Crippen molar-refractivity contribution >= 4 is 29.6 Å². The molecule has 1 amide bonds. The minimum absolute atomic E-state index is 0.0166. The summed E-state index contributed by atoms with van der Waals surface area (Å²) in [5, 5.41) is 9.41. The number of rotatable bonds is 9. The number of amides is 1. The molecule has 1 aliphatic rings. The highest BCUT2D eigenvalue weighted by atomic mass is 32.2. The van der Waals surface area contributed by atoms with Gasteiger partial charge in [0.25, 0.3) is 0 Å². The molecule has 0 spiro atoms. The Hall–Kier alpha value is -3.78. The predicted octanol–water partition coefficient (Wildman–Crippen LogP) is 5.82. The van der Waals surface area contributed by atoms with Gasteiger partial charge in [0, 0.05) is 29.5 Å². The number of thioether (sulfide) groups is 1. The number of para-hydroxylation sites is 1. The van der Waals surface area contributed by atoms with E-state index in [-0.39, 0.29) is 18.2 Å². The number of hydrogen-bond donors (Lipinski definition) is 1. The van der Waals surface area contributed by atoms with E-state index in [1.807, 2.05) is 42.7 Å². The number of carboxylic acids is 1. The topological polar surface area (TPSA) is 93.1 Å². The van der Waals surface area contributed by atoms with E-state index in [9.17, 15) is 19.5 Å². The van der Waals surface area contributed by atoms with Crippen LogP contribution in [0.3, 0.4) is 0 Å². The molecule has 3 aromatic rings. The number of hydrogen-bond acceptors (Lipinski definition) is 6. The van der Waals surface area contributed by atoms with E-state index in [1.54, 1.807) is 59.1 Å². The summed E-state index contributed by atoms with van der Waals surface area (Å²) in [6.45, 7) is 3.59. The molecule has 198 valence electrons. The molecular weight excluding hydrogens is 502 g/mol. The Balaban J connectivity index is 1.56. The van der Waals surface area contributed by atoms with Gasteiger partial charge in [0.15, 0.2) is 11.4 Å². The van der Waals surface area contributed by atoms with Crippen LogP contribution in [0.25, 0.3) is 0 Å². The number of carbonyl (C=O) groups excluding carboxylic acids is 2. The maximum atomic E-state index is 13.6. The smallest absolute Gasteiger partial charge is 0.415 e. The van der Waals surface area contributed by atoms with E-state index in [2.05, 4.69) is 0 Å². The van der Waals surface area contributed by atoms with E-state index in [0.717, 1.165) is 10.5 Å². The fourth-order valence-corrected chi connectivity index (χ4v) is 4.93. The lowest BCUT2D eigenvalue weighted by atomic mass is 9.84. The van der Waals surface area contributed by atoms with Crippen LogP contribution in [0.1, 0.15) is 29.8 Å². The van der Waals surface area contributed by atoms with Gasteiger partial charge in [-0.2, -0.15) is 0 Å². The molecule has 7 nitrogen and oxygen atoms in total. The Bertz CT molecular complexity index is 1290. The lowest BCUT2D eigenvalue weighted by molar-refractivity contribution is -0.152. The number of aliphatic carboxylic acids is 1. The van der Waals surface area contributed by atoms with Crippen LogP contribution < -0.4 is 9.47 Å². The highest BCUT2D eigenvalue weighted by Gasteiger charge is 2.40. The third kappa shape index (κ3) is 6.55. The molecule has 0 unspecified atom stereocenters. The van der Waals surface area contributed by atoms with E-state index in [4.69, 9.17) is 9.47 Å². The molecule has 3 aromatic carbocycles. The summed E-state index contributed by atoms with van der Waals surface area (Å²) >= 11 is 1.61. The van der Waals surface area contributed by atoms with Crippen LogP contribution in [0.15, 0.2) is 83.8 Å². The van der Waals surface area contributed by atoms with Crippen molar-refractivity contribution in [1.82, 2.24) is 4.90 Å². The average Bonchev–Trinajstić information content (AvgIpc) is 3.32. The van der Waals surface area contributed by atoms with Crippen molar-refractivity contribution in [1.29, 1.82) is 0 Å². The van der Waals surface area contributed by atoms with Crippen molar-refractivity contribution in [2.24, 2.45) is 11.8 Å². The van der Waals surface area contributed by atoms with Crippen LogP contribution in [-0.4, -0.2) is 52.8 Å². The standard InChI is InChI=1S/C30H31NO6S/c1-30(2,28(33)34)37-24-11-7-8-20(17-24)16-22-18-31(29(35)36-23-9-5-4-6-10-23)19-26(22)27(32)21-12-14-25(38-3)15-13-21/h4-15,17,22,26H,16,18-19H2,1-3H3,(H,33,34)/t22-,26-/m0/s1. The highest BCUT2D eigenvalue weighted by molar-refractivity contribution is 7.98. The van der Waals surface area contributed by atoms with E-state index in [0.29, 0.717) is 30.0 Å². The van der Waals surface area contributed by atoms with Crippen molar-refractivity contribution in [2.75, 3.05) is 19.3 Å². The van der Waals surface area contributed by atoms with Crippen LogP contribution in [0.4, 0.5) is 4.79 Å². The molecule has 1 fully saturated rings. The second-order valence-corrected chi connectivity index (χ2v) is 10.7. The molecule has 2 atom stereocenters. The van der Waals surface area contributed by atoms with Crippen LogP contribution in [-0.2, 0) is 11.2 Å². The van der Waals surface area contributed by atoms with Crippen LogP contribution in [0.2, 0.25) is 0 Å². The molecule has 4 rings (SSSR count). The molecule has 1 saturated heterocycles. The molecule has 1 aliphatic heterocycles. The number of carbonyl (C=O) groups is 3. The van der Waals surface area contributed by atoms with Crippen LogP contribution in [0, 0.1) is 11.8 Å². The SMILES string of the molecule is CSc1ccc(C(=O)[C@H]2CN(C(=O)Oc3ccccc3)C[C@@H]2Cc2cccc(OC(C)(C)C(=O)O)c2)cc1. The first kappa shape index (κ1) is 27.3. The summed E-state index contributed by atoms with van der Waals surface area (Å²) < 4.78 is 11.3. The second-order valence-electron chi connectivity index (χ2n) is 9.81. The van der Waals surface area contributed by atoms with Crippen molar-refractivity contribution < 1.29 is 29.0 Å². The minimum atomic E-state index is -1.38. The van der Waals surface area contributed by atoms with Gasteiger partial charge in [-0.1, -0.05) is 42.5 Å². The Morgan fingerprint density at radius 3 is 2.29 bits per heavy atom. The van der Waals surface area contributed by atoms with Gasteiger partial charge < -0.3 is 19.5 Å². The van der Waals surface area contributed by atoms with Crippen molar-refractivity contribution in [3.63, 3.8) is 0 Å². The Kier molecular flexibility index (Phi) is 8.42. The highest BCUT2D eigenvalue weighted by Crippen LogP contribution is 2.32. The van der Waals surface area contributed by atoms with Gasteiger partial charge in [0.2, 0.25) is 0 Å². The first-order chi connectivity index (χ1) is 18.2. The summed E-state index contributed by atoms with van der Waals surface area (Å²) in [5.41, 5.74) is 0.115. The molecule has 1 N–H and O–H groups in total. The summed E-state index contributed by atoms with van der Waals surface area (Å²) in [6, 6.07) is 23.6. The number of carboxylic acid groups (broad SMARTS) is 1. The Morgan fingerprint density at radius 2 is 1.63 bits per heavy atom. The lowest BCUT2D eigenvalue weighted by Crippen LogP contribution is -2.37. The predicted molar refractivity (Wildman–Crippen MR) is 146 cm³/mol. The molecule has 8 heteroatoms. The zero-order valence-electron chi connectivity index (χ0n) is 21.6. The lowest BCUT2D eigenvalue weighted by Gasteiger charge is -2.22. The maximum absolute atomic E-state index is 13.6. The third-order valence-electron chi connectivity index (χ3n) is 6.64. The number of likely N-dealkylation sites (tertiary alicyclic amines) is 1. The van der Waals surface area contributed by atoms with E-state index < -0.39 is 23.6 Å². The second kappa shape index (κ2) is 11.7. The van der Waals surface area contributed by atoms with Crippen LogP contribution in [0.5, 0.6) is 11.5 Å². The van der Waals surface area contributed by atoms with Crippen molar-refractivity contribution in [3.8, 4) is 11.5 Å². The molecule has 0 aliphatic carbocycles. The van der Waals surface area contributed by atoms with E-state index >= 15 is 0 Å². The van der Waals surface area contributed by atoms with Gasteiger partial charge in [-0.05, 0) is 74.4 Å². The monoisotopic (exact) mass is 533 g/mol. The van der Waals surface area contributed by atoms with Crippen LogP contribution >= 0.6 is 11.8 Å². The molecule has 1 heterocycles. The number of nitrogens with zero attached hydrogens (tertiary/aromatic N) is 1. The summed E-state index contributed by atoms with van der Waals surface area (Å²) in [4.78, 5) is 40.8. The Morgan fingerprint density at radius 1 is 0.947 bits per heavy atom. The maximum Gasteiger partial charge on any atom is 0.415 e. The Labute approximate surface area is 226 Å². The van der Waals surface area contributed by atoms with E-state index in [1.165, 1.54) is 13.8 Å². The summed E-state index contributed by atoms with van der Waals surface area (Å²) in [6.07, 6.45) is 2.00. The molecule has 0 saturated carbocycles. The van der Waals surface area contributed by atoms with Gasteiger partial charge in [-0.25, -0.2) is 9.59 Å². The molecular formula is C30H31NO6S. The quantitative estimate of drug-likeness (QED) is 0.274. The van der Waals surface area contributed by atoms with Gasteiger partial charge in [0.05, 0.1) is 0 Å². The molecule has 0 bridgehead atoms. The average molecular weight is 534 g/mol. The number of ether oxygens (including phenoxy) is 2.